The molecule has 8 heteroatoms. The molecule has 132 valence electrons. The number of nitrogens with one attached hydrogen (secondary N) is 1. The summed E-state index contributed by atoms with van der Waals surface area (Å²) in [4.78, 5) is 29.3. The third kappa shape index (κ3) is 2.81. The van der Waals surface area contributed by atoms with Gasteiger partial charge >= 0.3 is 0 Å². The van der Waals surface area contributed by atoms with E-state index in [2.05, 4.69) is 36.2 Å². The van der Waals surface area contributed by atoms with Crippen LogP contribution in [-0.4, -0.2) is 29.7 Å². The van der Waals surface area contributed by atoms with Gasteiger partial charge in [0.1, 0.15) is 5.52 Å². The molecule has 0 amide bonds. The number of fused-ring (bicyclic) bond motifs is 2. The lowest BCUT2D eigenvalue weighted by Crippen LogP contribution is -2.20. The molecule has 4 rings (SSSR count). The highest BCUT2D eigenvalue weighted by atomic mass is 127. The molecule has 0 radical (unpaired) electrons. The summed E-state index contributed by atoms with van der Waals surface area (Å²) in [7, 11) is 1.57. The van der Waals surface area contributed by atoms with Crippen LogP contribution in [0.5, 0.6) is 0 Å². The summed E-state index contributed by atoms with van der Waals surface area (Å²) in [5.41, 5.74) is 4.05. The number of hydrogen-bond donors (Lipinski definition) is 1. The van der Waals surface area contributed by atoms with Crippen molar-refractivity contribution >= 4 is 58.2 Å². The average molecular weight is 477 g/mol. The van der Waals surface area contributed by atoms with E-state index in [0.717, 1.165) is 22.2 Å². The number of H-pyrrole nitrogens is 1. The van der Waals surface area contributed by atoms with Crippen molar-refractivity contribution in [1.82, 2.24) is 23.9 Å². The van der Waals surface area contributed by atoms with E-state index < -0.39 is 5.41 Å². The van der Waals surface area contributed by atoms with Gasteiger partial charge < -0.3 is 4.98 Å². The second-order valence-electron chi connectivity index (χ2n) is 7.06. The lowest BCUT2D eigenvalue weighted by Gasteiger charge is -2.15. The third-order valence-electron chi connectivity index (χ3n) is 4.23. The van der Waals surface area contributed by atoms with E-state index in [0.29, 0.717) is 16.7 Å². The number of carbonyl (C=O) groups excluding carboxylic acids is 1. The van der Waals surface area contributed by atoms with Gasteiger partial charge in [-0.25, -0.2) is 9.97 Å². The number of pyridine rings is 1. The topological polar surface area (TPSA) is 76.5 Å². The van der Waals surface area contributed by atoms with Crippen LogP contribution in [-0.2, 0) is 0 Å². The molecule has 0 aromatic carbocycles. The van der Waals surface area contributed by atoms with Gasteiger partial charge in [0.25, 0.3) is 0 Å². The zero-order chi connectivity index (χ0) is 18.5. The standard InChI is InChI=1S/C18H16IN5OS/c1-18(2,3)16(25)11-6-21-17-15(11)23-13(7-22-17)12-9-24(26-19)14-8-20-5-4-10(12)14/h4-9H,1-3H3,(H,21,22). The Morgan fingerprint density at radius 1 is 1.31 bits per heavy atom. The molecule has 0 spiro atoms. The normalized spacial score (nSPS) is 12.2. The lowest BCUT2D eigenvalue weighted by atomic mass is 9.87. The van der Waals surface area contributed by atoms with Gasteiger partial charge in [-0.3, -0.25) is 13.8 Å². The van der Waals surface area contributed by atoms with Crippen molar-refractivity contribution in [3.05, 3.63) is 42.6 Å². The van der Waals surface area contributed by atoms with Crippen LogP contribution >= 0.6 is 30.3 Å². The van der Waals surface area contributed by atoms with Gasteiger partial charge in [-0.1, -0.05) is 20.8 Å². The summed E-state index contributed by atoms with van der Waals surface area (Å²) in [5, 5.41) is 1.05. The molecule has 0 unspecified atom stereocenters. The molecule has 4 aromatic heterocycles. The van der Waals surface area contributed by atoms with E-state index in [1.165, 1.54) is 0 Å². The molecule has 6 nitrogen and oxygen atoms in total. The predicted octanol–water partition coefficient (Wildman–Crippen LogP) is 5.05. The van der Waals surface area contributed by atoms with Gasteiger partial charge in [-0.05, 0) is 6.07 Å². The Kier molecular flexibility index (Phi) is 4.26. The molecule has 0 saturated carbocycles. The molecule has 0 aliphatic carbocycles. The second kappa shape index (κ2) is 6.34. The number of carbonyl (C=O) groups is 1. The smallest absolute Gasteiger partial charge is 0.171 e. The average Bonchev–Trinajstić information content (AvgIpc) is 3.21. The third-order valence-corrected chi connectivity index (χ3v) is 5.95. The number of halogens is 1. The number of Topliss-reactive ketones (excluding diaryl/α,β-unsaturated/α-hetero) is 1. The maximum atomic E-state index is 12.7. The summed E-state index contributed by atoms with van der Waals surface area (Å²) in [6.45, 7) is 5.72. The Hall–Kier alpha value is -1.94. The van der Waals surface area contributed by atoms with Crippen molar-refractivity contribution in [2.75, 3.05) is 0 Å². The van der Waals surface area contributed by atoms with Gasteiger partial charge in [0.05, 0.1) is 29.2 Å². The van der Waals surface area contributed by atoms with Crippen molar-refractivity contribution in [3.8, 4) is 11.3 Å². The van der Waals surface area contributed by atoms with Crippen LogP contribution in [0.4, 0.5) is 0 Å². The van der Waals surface area contributed by atoms with Crippen LogP contribution in [0.15, 0.2) is 37.1 Å². The Morgan fingerprint density at radius 2 is 2.12 bits per heavy atom. The molecule has 0 aliphatic heterocycles. The Balaban J connectivity index is 1.93. The molecule has 26 heavy (non-hydrogen) atoms. The van der Waals surface area contributed by atoms with Crippen molar-refractivity contribution < 1.29 is 4.79 Å². The molecular weight excluding hydrogens is 461 g/mol. The molecule has 0 bridgehead atoms. The van der Waals surface area contributed by atoms with Crippen LogP contribution in [0.1, 0.15) is 31.1 Å². The van der Waals surface area contributed by atoms with Gasteiger partial charge in [0, 0.05) is 65.3 Å². The van der Waals surface area contributed by atoms with Crippen LogP contribution in [0.25, 0.3) is 33.3 Å². The first-order valence-electron chi connectivity index (χ1n) is 8.03. The van der Waals surface area contributed by atoms with Crippen LogP contribution in [0.2, 0.25) is 0 Å². The van der Waals surface area contributed by atoms with E-state index in [9.17, 15) is 4.79 Å². The Morgan fingerprint density at radius 3 is 2.85 bits per heavy atom. The number of hydrogen-bond acceptors (Lipinski definition) is 5. The number of ketones is 1. The van der Waals surface area contributed by atoms with Gasteiger partial charge in [-0.2, -0.15) is 0 Å². The maximum absolute atomic E-state index is 12.7. The highest BCUT2D eigenvalue weighted by Gasteiger charge is 2.26. The fourth-order valence-electron chi connectivity index (χ4n) is 2.91. The highest BCUT2D eigenvalue weighted by Crippen LogP contribution is 2.34. The minimum absolute atomic E-state index is 0.0460. The number of nitrogens with zero attached hydrogens (tertiary/aromatic N) is 4. The molecule has 4 heterocycles. The monoisotopic (exact) mass is 477 g/mol. The quantitative estimate of drug-likeness (QED) is 0.330. The molecule has 0 aliphatic rings. The molecule has 0 atom stereocenters. The van der Waals surface area contributed by atoms with Gasteiger partial charge in [-0.15, -0.1) is 0 Å². The second-order valence-corrected chi connectivity index (χ2v) is 8.78. The molecular formula is C18H16IN5OS. The number of rotatable bonds is 3. The van der Waals surface area contributed by atoms with Crippen LogP contribution in [0, 0.1) is 5.41 Å². The summed E-state index contributed by atoms with van der Waals surface area (Å²) in [6, 6.07) is 1.97. The zero-order valence-corrected chi connectivity index (χ0v) is 17.4. The molecule has 1 N–H and O–H groups in total. The van der Waals surface area contributed by atoms with E-state index in [1.807, 2.05) is 43.2 Å². The summed E-state index contributed by atoms with van der Waals surface area (Å²) >= 11 is 2.24. The maximum Gasteiger partial charge on any atom is 0.171 e. The zero-order valence-electron chi connectivity index (χ0n) is 14.4. The Labute approximate surface area is 166 Å². The summed E-state index contributed by atoms with van der Waals surface area (Å²) in [5.74, 6) is 0.0460. The fourth-order valence-corrected chi connectivity index (χ4v) is 4.25. The first-order chi connectivity index (χ1) is 12.4. The summed E-state index contributed by atoms with van der Waals surface area (Å²) < 4.78 is 2.04. The SMILES string of the molecule is CC(C)(C)C(=O)c1c[nH]c2ncc(-c3cn(SI)c4cnccc34)nc12. The molecule has 0 saturated heterocycles. The minimum atomic E-state index is -0.480. The van der Waals surface area contributed by atoms with Crippen molar-refractivity contribution in [2.45, 2.75) is 20.8 Å². The van der Waals surface area contributed by atoms with Gasteiger partial charge in [0.2, 0.25) is 0 Å². The number of aromatic nitrogens is 5. The van der Waals surface area contributed by atoms with Gasteiger partial charge in [0.15, 0.2) is 11.4 Å². The van der Waals surface area contributed by atoms with E-state index >= 15 is 0 Å². The lowest BCUT2D eigenvalue weighted by molar-refractivity contribution is 0.0860. The van der Waals surface area contributed by atoms with Crippen molar-refractivity contribution in [2.24, 2.45) is 5.41 Å². The minimum Gasteiger partial charge on any atom is -0.344 e. The van der Waals surface area contributed by atoms with Crippen molar-refractivity contribution in [3.63, 3.8) is 0 Å². The molecule has 4 aromatic rings. The van der Waals surface area contributed by atoms with Crippen LogP contribution < -0.4 is 0 Å². The van der Waals surface area contributed by atoms with Crippen LogP contribution in [0.3, 0.4) is 0 Å². The largest absolute Gasteiger partial charge is 0.344 e. The van der Waals surface area contributed by atoms with E-state index in [1.54, 1.807) is 27.7 Å². The first-order valence-corrected chi connectivity index (χ1v) is 11.3. The van der Waals surface area contributed by atoms with Crippen molar-refractivity contribution in [1.29, 1.82) is 0 Å². The summed E-state index contributed by atoms with van der Waals surface area (Å²) in [6.07, 6.45) is 9.07. The van der Waals surface area contributed by atoms with E-state index in [4.69, 9.17) is 4.98 Å². The highest BCUT2D eigenvalue weighted by molar-refractivity contribution is 14.2. The first kappa shape index (κ1) is 17.5. The Bertz CT molecular complexity index is 1140. The van der Waals surface area contributed by atoms with E-state index in [-0.39, 0.29) is 5.78 Å². The fraction of sp³-hybridized carbons (Fsp3) is 0.222. The molecule has 0 fully saturated rings. The predicted molar refractivity (Wildman–Crippen MR) is 113 cm³/mol. The number of aromatic amines is 1.